The highest BCUT2D eigenvalue weighted by Crippen LogP contribution is 2.27. The summed E-state index contributed by atoms with van der Waals surface area (Å²) in [6.45, 7) is 2.12. The molecule has 1 N–H and O–H groups in total. The molecule has 2 aromatic rings. The highest BCUT2D eigenvalue weighted by molar-refractivity contribution is 6.28. The second-order valence-electron chi connectivity index (χ2n) is 4.23. The van der Waals surface area contributed by atoms with Gasteiger partial charge >= 0.3 is 6.30 Å². The molecular weight excluding hydrogens is 325 g/mol. The molecule has 0 fully saturated rings. The van der Waals surface area contributed by atoms with Gasteiger partial charge in [-0.2, -0.15) is 0 Å². The number of alkyl halides is 3. The van der Waals surface area contributed by atoms with Gasteiger partial charge in [0.05, 0.1) is 5.69 Å². The molecule has 0 saturated carbocycles. The average molecular weight is 335 g/mol. The number of aromatic nitrogens is 3. The van der Waals surface area contributed by atoms with Crippen molar-refractivity contribution in [1.29, 1.82) is 0 Å². The zero-order valence-corrected chi connectivity index (χ0v) is 11.9. The van der Waals surface area contributed by atoms with E-state index in [1.807, 2.05) is 0 Å². The van der Waals surface area contributed by atoms with Crippen LogP contribution in [0.2, 0.25) is 5.28 Å². The summed E-state index contributed by atoms with van der Waals surface area (Å²) < 4.78 is 38.8. The summed E-state index contributed by atoms with van der Waals surface area (Å²) in [4.78, 5) is 26.7. The van der Waals surface area contributed by atoms with Crippen LogP contribution >= 0.6 is 11.6 Å². The van der Waals surface area contributed by atoms with Gasteiger partial charge in [-0.05, 0) is 24.6 Å². The molecule has 0 aliphatic heterocycles. The van der Waals surface area contributed by atoms with Gasteiger partial charge in [0.2, 0.25) is 5.28 Å². The molecule has 0 radical (unpaired) electrons. The largest absolute Gasteiger partial charge is 0.490 e. The summed E-state index contributed by atoms with van der Waals surface area (Å²) in [5.41, 5.74) is -0.495. The first-order valence-electron chi connectivity index (χ1n) is 6.06. The molecule has 1 amide bonds. The first-order chi connectivity index (χ1) is 10.2. The van der Waals surface area contributed by atoms with Crippen LogP contribution < -0.4 is 10.9 Å². The molecule has 6 nitrogen and oxygen atoms in total. The minimum Gasteiger partial charge on any atom is -0.319 e. The highest BCUT2D eigenvalue weighted by Gasteiger charge is 2.34. The Morgan fingerprint density at radius 1 is 1.36 bits per heavy atom. The van der Waals surface area contributed by atoms with Crippen molar-refractivity contribution in [1.82, 2.24) is 14.1 Å². The van der Waals surface area contributed by atoms with Crippen molar-refractivity contribution in [2.24, 2.45) is 0 Å². The predicted octanol–water partition coefficient (Wildman–Crippen LogP) is 2.45. The van der Waals surface area contributed by atoms with Crippen LogP contribution in [0, 0.1) is 0 Å². The van der Waals surface area contributed by atoms with Crippen LogP contribution in [0.15, 0.2) is 29.3 Å². The number of nitrogens with one attached hydrogen (secondary N) is 1. The molecule has 22 heavy (non-hydrogen) atoms. The number of halogens is 4. The van der Waals surface area contributed by atoms with Crippen molar-refractivity contribution in [2.45, 2.75) is 19.8 Å². The van der Waals surface area contributed by atoms with Gasteiger partial charge in [0.25, 0.3) is 11.5 Å². The fourth-order valence-electron chi connectivity index (χ4n) is 1.69. The van der Waals surface area contributed by atoms with Crippen molar-refractivity contribution in [3.05, 3.63) is 45.9 Å². The minimum atomic E-state index is -4.77. The molecule has 2 aromatic heterocycles. The van der Waals surface area contributed by atoms with Crippen LogP contribution in [-0.4, -0.2) is 20.0 Å². The van der Waals surface area contributed by atoms with Gasteiger partial charge < -0.3 is 9.88 Å². The summed E-state index contributed by atoms with van der Waals surface area (Å²) in [6, 6.07) is 2.58. The van der Waals surface area contributed by atoms with E-state index in [9.17, 15) is 22.8 Å². The number of hydrogen-bond donors (Lipinski definition) is 1. The van der Waals surface area contributed by atoms with Crippen LogP contribution in [0.1, 0.15) is 17.4 Å². The van der Waals surface area contributed by atoms with E-state index < -0.39 is 23.2 Å². The molecule has 0 unspecified atom stereocenters. The van der Waals surface area contributed by atoms with E-state index in [-0.39, 0.29) is 15.8 Å². The Kier molecular flexibility index (Phi) is 4.27. The van der Waals surface area contributed by atoms with Gasteiger partial charge in [-0.3, -0.25) is 9.59 Å². The number of nitrogens with zero attached hydrogens (tertiary/aromatic N) is 3. The molecule has 0 aliphatic carbocycles. The lowest BCUT2D eigenvalue weighted by atomic mass is 10.3. The van der Waals surface area contributed by atoms with Crippen LogP contribution in [0.25, 0.3) is 0 Å². The standard InChI is InChI=1S/C12H10ClF3N4O2/c1-2-19-5-7(3-4-9(19)21)17-10(22)8-6-20(11(13)18-8)12(14,15)16/h3-6H,2H2,1H3,(H,17,22). The lowest BCUT2D eigenvalue weighted by Gasteiger charge is -2.07. The molecule has 0 saturated heterocycles. The lowest BCUT2D eigenvalue weighted by molar-refractivity contribution is -0.203. The van der Waals surface area contributed by atoms with E-state index in [0.29, 0.717) is 12.7 Å². The van der Waals surface area contributed by atoms with E-state index in [4.69, 9.17) is 11.6 Å². The van der Waals surface area contributed by atoms with E-state index in [1.165, 1.54) is 22.9 Å². The van der Waals surface area contributed by atoms with Crippen LogP contribution in [0.4, 0.5) is 18.9 Å². The number of aryl methyl sites for hydroxylation is 1. The van der Waals surface area contributed by atoms with E-state index in [0.717, 1.165) is 0 Å². The average Bonchev–Trinajstić information content (AvgIpc) is 2.83. The van der Waals surface area contributed by atoms with Crippen molar-refractivity contribution in [3.8, 4) is 0 Å². The SMILES string of the molecule is CCn1cc(NC(=O)c2cn(C(F)(F)F)c(Cl)n2)ccc1=O. The van der Waals surface area contributed by atoms with Crippen molar-refractivity contribution >= 4 is 23.2 Å². The third kappa shape index (κ3) is 3.30. The maximum Gasteiger partial charge on any atom is 0.490 e. The van der Waals surface area contributed by atoms with Crippen molar-refractivity contribution < 1.29 is 18.0 Å². The Morgan fingerprint density at radius 3 is 2.59 bits per heavy atom. The van der Waals surface area contributed by atoms with Crippen LogP contribution in [-0.2, 0) is 12.8 Å². The number of imidazole rings is 1. The number of carbonyl (C=O) groups excluding carboxylic acids is 1. The normalized spacial score (nSPS) is 11.5. The Morgan fingerprint density at radius 2 is 2.05 bits per heavy atom. The molecule has 0 bridgehead atoms. The predicted molar refractivity (Wildman–Crippen MR) is 72.9 cm³/mol. The molecule has 118 valence electrons. The quantitative estimate of drug-likeness (QED) is 0.937. The maximum atomic E-state index is 12.6. The molecular formula is C12H10ClF3N4O2. The van der Waals surface area contributed by atoms with Gasteiger partial charge in [0.1, 0.15) is 5.69 Å². The molecule has 0 aromatic carbocycles. The Hall–Kier alpha value is -2.29. The second-order valence-corrected chi connectivity index (χ2v) is 4.57. The number of pyridine rings is 1. The zero-order chi connectivity index (χ0) is 16.5. The number of carbonyl (C=O) groups is 1. The van der Waals surface area contributed by atoms with Gasteiger partial charge in [-0.15, -0.1) is 13.2 Å². The van der Waals surface area contributed by atoms with E-state index in [1.54, 1.807) is 6.92 Å². The fourth-order valence-corrected chi connectivity index (χ4v) is 1.93. The van der Waals surface area contributed by atoms with Gasteiger partial charge in [-0.1, -0.05) is 0 Å². The smallest absolute Gasteiger partial charge is 0.319 e. The Balaban J connectivity index is 2.25. The summed E-state index contributed by atoms with van der Waals surface area (Å²) >= 11 is 5.35. The molecule has 2 rings (SSSR count). The lowest BCUT2D eigenvalue weighted by Crippen LogP contribution is -2.20. The Bertz CT molecular complexity index is 766. The third-order valence-corrected chi connectivity index (χ3v) is 3.02. The number of anilines is 1. The Labute approximate surface area is 127 Å². The number of rotatable bonds is 3. The van der Waals surface area contributed by atoms with Crippen LogP contribution in [0.5, 0.6) is 0 Å². The van der Waals surface area contributed by atoms with Gasteiger partial charge in [0.15, 0.2) is 0 Å². The molecule has 2 heterocycles. The summed E-state index contributed by atoms with van der Waals surface area (Å²) in [6.07, 6.45) is -2.89. The molecule has 10 heteroatoms. The van der Waals surface area contributed by atoms with Gasteiger partial charge in [0, 0.05) is 25.0 Å². The third-order valence-electron chi connectivity index (χ3n) is 2.75. The topological polar surface area (TPSA) is 68.9 Å². The maximum absolute atomic E-state index is 12.6. The summed E-state index contributed by atoms with van der Waals surface area (Å²) in [5, 5.41) is 1.49. The summed E-state index contributed by atoms with van der Waals surface area (Å²) in [7, 11) is 0. The van der Waals surface area contributed by atoms with Crippen molar-refractivity contribution in [2.75, 3.05) is 5.32 Å². The second kappa shape index (κ2) is 5.84. The van der Waals surface area contributed by atoms with E-state index in [2.05, 4.69) is 10.3 Å². The molecule has 0 atom stereocenters. The molecule has 0 spiro atoms. The summed E-state index contributed by atoms with van der Waals surface area (Å²) in [5.74, 6) is -0.869. The minimum absolute atomic E-state index is 0.254. The number of hydrogen-bond acceptors (Lipinski definition) is 3. The number of amides is 1. The highest BCUT2D eigenvalue weighted by atomic mass is 35.5. The van der Waals surface area contributed by atoms with Gasteiger partial charge in [-0.25, -0.2) is 9.55 Å². The van der Waals surface area contributed by atoms with Crippen molar-refractivity contribution in [3.63, 3.8) is 0 Å². The first kappa shape index (κ1) is 16.1. The first-order valence-corrected chi connectivity index (χ1v) is 6.44. The zero-order valence-electron chi connectivity index (χ0n) is 11.2. The molecule has 0 aliphatic rings. The monoisotopic (exact) mass is 334 g/mol. The van der Waals surface area contributed by atoms with Crippen LogP contribution in [0.3, 0.4) is 0 Å². The van der Waals surface area contributed by atoms with E-state index >= 15 is 0 Å². The fraction of sp³-hybridized carbons (Fsp3) is 0.250.